The van der Waals surface area contributed by atoms with Crippen molar-refractivity contribution in [1.82, 2.24) is 5.32 Å². The molecule has 3 aliphatic rings. The zero-order chi connectivity index (χ0) is 24.9. The summed E-state index contributed by atoms with van der Waals surface area (Å²) >= 11 is 1.87. The number of nitrogens with one attached hydrogen (secondary N) is 1. The first-order valence-electron chi connectivity index (χ1n) is 13.1. The molecular formula is C29H35NO5S. The van der Waals surface area contributed by atoms with Gasteiger partial charge in [0.15, 0.2) is 5.88 Å². The van der Waals surface area contributed by atoms with Gasteiger partial charge in [0.25, 0.3) is 0 Å². The van der Waals surface area contributed by atoms with Crippen LogP contribution in [0.4, 0.5) is 0 Å². The molecule has 2 atom stereocenters. The second-order valence-electron chi connectivity index (χ2n) is 9.71. The maximum absolute atomic E-state index is 11.1. The van der Waals surface area contributed by atoms with E-state index in [1.165, 1.54) is 21.6 Å². The summed E-state index contributed by atoms with van der Waals surface area (Å²) in [6.07, 6.45) is 7.07. The Bertz CT molecular complexity index is 1110. The lowest BCUT2D eigenvalue weighted by molar-refractivity contribution is -0.137. The molecule has 0 saturated heterocycles. The molecule has 0 radical (unpaired) electrons. The van der Waals surface area contributed by atoms with E-state index >= 15 is 0 Å². The van der Waals surface area contributed by atoms with E-state index < -0.39 is 5.97 Å². The number of benzene rings is 2. The molecule has 1 unspecified atom stereocenters. The Morgan fingerprint density at radius 1 is 1.17 bits per heavy atom. The minimum atomic E-state index is -0.732. The Morgan fingerprint density at radius 2 is 2.06 bits per heavy atom. The van der Waals surface area contributed by atoms with Crippen LogP contribution in [0.5, 0.6) is 11.5 Å². The van der Waals surface area contributed by atoms with Crippen LogP contribution >= 0.6 is 11.8 Å². The number of thioether (sulfide) groups is 1. The van der Waals surface area contributed by atoms with Crippen LogP contribution in [0, 0.1) is 0 Å². The predicted molar refractivity (Wildman–Crippen MR) is 141 cm³/mol. The van der Waals surface area contributed by atoms with Gasteiger partial charge in [0, 0.05) is 11.3 Å². The predicted octanol–water partition coefficient (Wildman–Crippen LogP) is 6.31. The van der Waals surface area contributed by atoms with Crippen molar-refractivity contribution in [2.75, 3.05) is 19.8 Å². The number of aryl methyl sites for hydroxylation is 2. The molecular weight excluding hydrogens is 474 g/mol. The molecule has 5 rings (SSSR count). The molecule has 7 heteroatoms. The normalized spacial score (nSPS) is 20.4. The summed E-state index contributed by atoms with van der Waals surface area (Å²) in [6, 6.07) is 12.6. The molecule has 0 amide bonds. The van der Waals surface area contributed by atoms with Crippen LogP contribution < -0.4 is 14.8 Å². The van der Waals surface area contributed by atoms with Crippen LogP contribution in [-0.2, 0) is 22.4 Å². The van der Waals surface area contributed by atoms with Crippen molar-refractivity contribution in [2.24, 2.45) is 0 Å². The van der Waals surface area contributed by atoms with Crippen molar-refractivity contribution < 1.29 is 24.1 Å². The Labute approximate surface area is 217 Å². The van der Waals surface area contributed by atoms with Gasteiger partial charge in [-0.25, -0.2) is 0 Å². The summed E-state index contributed by atoms with van der Waals surface area (Å²) in [4.78, 5) is 12.4. The van der Waals surface area contributed by atoms with Gasteiger partial charge >= 0.3 is 5.97 Å². The minimum absolute atomic E-state index is 0.127. The number of aliphatic carboxylic acids is 1. The SMILES string of the molecule is CCCc1cc(C2NC3=C(CCCO3)S2)ccc1OCCCOc1ccc2c(c1)CC[C@@H]2CC(=O)O. The molecule has 2 heterocycles. The first-order valence-corrected chi connectivity index (χ1v) is 14.0. The molecule has 36 heavy (non-hydrogen) atoms. The number of rotatable bonds is 11. The van der Waals surface area contributed by atoms with Gasteiger partial charge in [-0.15, -0.1) is 0 Å². The Kier molecular flexibility index (Phi) is 7.95. The molecule has 2 aromatic rings. The molecule has 2 aliphatic heterocycles. The van der Waals surface area contributed by atoms with Crippen molar-refractivity contribution in [3.8, 4) is 11.5 Å². The lowest BCUT2D eigenvalue weighted by Gasteiger charge is -2.17. The first kappa shape index (κ1) is 24.9. The zero-order valence-electron chi connectivity index (χ0n) is 20.9. The maximum Gasteiger partial charge on any atom is 0.303 e. The monoisotopic (exact) mass is 509 g/mol. The summed E-state index contributed by atoms with van der Waals surface area (Å²) < 4.78 is 17.9. The summed E-state index contributed by atoms with van der Waals surface area (Å²) in [5.41, 5.74) is 4.89. The van der Waals surface area contributed by atoms with Gasteiger partial charge in [0.05, 0.1) is 26.2 Å². The third kappa shape index (κ3) is 5.77. The lowest BCUT2D eigenvalue weighted by atomic mass is 9.98. The lowest BCUT2D eigenvalue weighted by Crippen LogP contribution is -2.17. The molecule has 0 saturated carbocycles. The average Bonchev–Trinajstić information content (AvgIpc) is 3.48. The van der Waals surface area contributed by atoms with E-state index in [1.54, 1.807) is 0 Å². The fourth-order valence-corrected chi connectivity index (χ4v) is 6.49. The maximum atomic E-state index is 11.1. The van der Waals surface area contributed by atoms with Gasteiger partial charge in [-0.3, -0.25) is 4.79 Å². The topological polar surface area (TPSA) is 77.0 Å². The molecule has 0 spiro atoms. The zero-order valence-corrected chi connectivity index (χ0v) is 21.7. The smallest absolute Gasteiger partial charge is 0.303 e. The van der Waals surface area contributed by atoms with Gasteiger partial charge in [0.2, 0.25) is 0 Å². The van der Waals surface area contributed by atoms with Crippen LogP contribution in [0.15, 0.2) is 47.2 Å². The van der Waals surface area contributed by atoms with E-state index in [0.717, 1.165) is 74.5 Å². The highest BCUT2D eigenvalue weighted by atomic mass is 32.2. The molecule has 2 N–H and O–H groups in total. The van der Waals surface area contributed by atoms with Crippen molar-refractivity contribution in [1.29, 1.82) is 0 Å². The molecule has 192 valence electrons. The van der Waals surface area contributed by atoms with E-state index in [9.17, 15) is 4.79 Å². The third-order valence-corrected chi connectivity index (χ3v) is 8.33. The van der Waals surface area contributed by atoms with Gasteiger partial charge < -0.3 is 24.6 Å². The number of allylic oxidation sites excluding steroid dienone is 1. The molecule has 0 aromatic heterocycles. The van der Waals surface area contributed by atoms with Crippen LogP contribution in [0.3, 0.4) is 0 Å². The molecule has 1 aliphatic carbocycles. The Balaban J connectivity index is 1.11. The number of hydrogen-bond acceptors (Lipinski definition) is 6. The second-order valence-corrected chi connectivity index (χ2v) is 10.9. The Morgan fingerprint density at radius 3 is 2.89 bits per heavy atom. The summed E-state index contributed by atoms with van der Waals surface area (Å²) in [5, 5.41) is 12.8. The highest BCUT2D eigenvalue weighted by molar-refractivity contribution is 8.03. The van der Waals surface area contributed by atoms with Crippen LogP contribution in [0.2, 0.25) is 0 Å². The second kappa shape index (κ2) is 11.5. The molecule has 2 aromatic carbocycles. The van der Waals surface area contributed by atoms with Gasteiger partial charge in [-0.2, -0.15) is 0 Å². The number of carboxylic acid groups (broad SMARTS) is 1. The highest BCUT2D eigenvalue weighted by Crippen LogP contribution is 2.45. The van der Waals surface area contributed by atoms with Gasteiger partial charge in [-0.1, -0.05) is 37.2 Å². The summed E-state index contributed by atoms with van der Waals surface area (Å²) in [6.45, 7) is 4.18. The first-order chi connectivity index (χ1) is 17.6. The number of fused-ring (bicyclic) bond motifs is 1. The average molecular weight is 510 g/mol. The van der Waals surface area contributed by atoms with Crippen LogP contribution in [0.25, 0.3) is 0 Å². The Hall–Kier alpha value is -2.80. The van der Waals surface area contributed by atoms with Gasteiger partial charge in [-0.05, 0) is 84.5 Å². The fraction of sp³-hybridized carbons (Fsp3) is 0.483. The van der Waals surface area contributed by atoms with E-state index in [2.05, 4.69) is 36.5 Å². The third-order valence-electron chi connectivity index (χ3n) is 7.03. The minimum Gasteiger partial charge on any atom is -0.493 e. The highest BCUT2D eigenvalue weighted by Gasteiger charge is 2.29. The van der Waals surface area contributed by atoms with Crippen LogP contribution in [0.1, 0.15) is 79.0 Å². The summed E-state index contributed by atoms with van der Waals surface area (Å²) in [5.74, 6) is 2.17. The van der Waals surface area contributed by atoms with Crippen molar-refractivity contribution in [3.05, 3.63) is 69.4 Å². The van der Waals surface area contributed by atoms with E-state index in [-0.39, 0.29) is 17.7 Å². The number of hydrogen-bond donors (Lipinski definition) is 2. The standard InChI is InChI=1S/C29H35NO5S/c1-2-5-21-16-22(29-30-28-26(36-29)6-3-13-35-28)9-12-25(21)34-15-4-14-33-23-10-11-24-19(17-23)7-8-20(24)18-27(31)32/h9-12,16-17,20,29-30H,2-8,13-15,18H2,1H3,(H,31,32)/t20-,29?/m1/s1. The van der Waals surface area contributed by atoms with E-state index in [1.807, 2.05) is 23.9 Å². The quantitative estimate of drug-likeness (QED) is 0.344. The number of ether oxygens (including phenoxy) is 3. The number of carbonyl (C=O) groups is 1. The fourth-order valence-electron chi connectivity index (χ4n) is 5.27. The van der Waals surface area contributed by atoms with Gasteiger partial charge in [0.1, 0.15) is 16.9 Å². The number of carboxylic acids is 1. The van der Waals surface area contributed by atoms with Crippen molar-refractivity contribution in [3.63, 3.8) is 0 Å². The van der Waals surface area contributed by atoms with Crippen molar-refractivity contribution in [2.45, 2.75) is 69.6 Å². The van der Waals surface area contributed by atoms with E-state index in [0.29, 0.717) is 13.2 Å². The summed E-state index contributed by atoms with van der Waals surface area (Å²) in [7, 11) is 0. The van der Waals surface area contributed by atoms with Crippen LogP contribution in [-0.4, -0.2) is 30.9 Å². The molecule has 0 fully saturated rings. The van der Waals surface area contributed by atoms with E-state index in [4.69, 9.17) is 19.3 Å². The van der Waals surface area contributed by atoms with Crippen molar-refractivity contribution >= 4 is 17.7 Å². The largest absolute Gasteiger partial charge is 0.493 e. The molecule has 0 bridgehead atoms. The molecule has 6 nitrogen and oxygen atoms in total.